The summed E-state index contributed by atoms with van der Waals surface area (Å²) in [4.78, 5) is 15.7. The van der Waals surface area contributed by atoms with Crippen LogP contribution in [0.4, 0.5) is 0 Å². The Bertz CT molecular complexity index is 3590. The lowest BCUT2D eigenvalue weighted by Crippen LogP contribution is -2.00. The number of hydrogen-bond acceptors (Lipinski definition) is 4. The SMILES string of the molecule is c1ccc(-c2ccc(-c3nc(-c4cccc(-c5ccccc5)c4)nc(-c4cccc5oc6cc7c8ccccc8n(-c8ccc(-c9ccccc9)cc8)c7cc6c45)n3)cc2)cc1. The molecule has 0 aliphatic rings. The lowest BCUT2D eigenvalue weighted by atomic mass is 10.0. The molecule has 9 aromatic carbocycles. The molecule has 62 heavy (non-hydrogen) atoms. The predicted octanol–water partition coefficient (Wildman–Crippen LogP) is 14.9. The molecule has 0 saturated carbocycles. The van der Waals surface area contributed by atoms with Crippen LogP contribution in [0.2, 0.25) is 0 Å². The van der Waals surface area contributed by atoms with Gasteiger partial charge in [-0.1, -0.05) is 176 Å². The van der Waals surface area contributed by atoms with Gasteiger partial charge in [0, 0.05) is 43.9 Å². The van der Waals surface area contributed by atoms with E-state index >= 15 is 0 Å². The van der Waals surface area contributed by atoms with Gasteiger partial charge >= 0.3 is 0 Å². The lowest BCUT2D eigenvalue weighted by Gasteiger charge is -2.11. The molecule has 12 aromatic rings. The van der Waals surface area contributed by atoms with Crippen molar-refractivity contribution >= 4 is 43.7 Å². The summed E-state index contributed by atoms with van der Waals surface area (Å²) < 4.78 is 9.08. The second-order valence-corrected chi connectivity index (χ2v) is 15.6. The third kappa shape index (κ3) is 6.14. The zero-order valence-electron chi connectivity index (χ0n) is 33.5. The second kappa shape index (κ2) is 14.7. The number of hydrogen-bond donors (Lipinski definition) is 0. The smallest absolute Gasteiger partial charge is 0.164 e. The third-order valence-corrected chi connectivity index (χ3v) is 11.9. The number of furan rings is 1. The molecule has 0 amide bonds. The summed E-state index contributed by atoms with van der Waals surface area (Å²) in [7, 11) is 0. The van der Waals surface area contributed by atoms with E-state index in [1.807, 2.05) is 24.3 Å². The van der Waals surface area contributed by atoms with Crippen LogP contribution < -0.4 is 0 Å². The van der Waals surface area contributed by atoms with Crippen molar-refractivity contribution in [2.24, 2.45) is 0 Å². The number of aromatic nitrogens is 4. The van der Waals surface area contributed by atoms with Gasteiger partial charge in [-0.25, -0.2) is 15.0 Å². The molecule has 0 aliphatic carbocycles. The highest BCUT2D eigenvalue weighted by Crippen LogP contribution is 2.42. The average molecular weight is 793 g/mol. The Kier molecular flexibility index (Phi) is 8.42. The molecule has 0 unspecified atom stereocenters. The Morgan fingerprint density at radius 1 is 0.306 bits per heavy atom. The van der Waals surface area contributed by atoms with Crippen LogP contribution in [-0.2, 0) is 0 Å². The average Bonchev–Trinajstić information content (AvgIpc) is 3.89. The number of nitrogens with zero attached hydrogens (tertiary/aromatic N) is 4. The Morgan fingerprint density at radius 2 is 0.823 bits per heavy atom. The summed E-state index contributed by atoms with van der Waals surface area (Å²) in [6.45, 7) is 0. The highest BCUT2D eigenvalue weighted by Gasteiger charge is 2.21. The van der Waals surface area contributed by atoms with Crippen molar-refractivity contribution in [2.75, 3.05) is 0 Å². The van der Waals surface area contributed by atoms with Crippen LogP contribution >= 0.6 is 0 Å². The van der Waals surface area contributed by atoms with Crippen LogP contribution in [0, 0.1) is 0 Å². The predicted molar refractivity (Wildman–Crippen MR) is 254 cm³/mol. The molecule has 3 heterocycles. The summed E-state index contributed by atoms with van der Waals surface area (Å²) in [6, 6.07) is 76.3. The number of benzene rings is 9. The fraction of sp³-hybridized carbons (Fsp3) is 0. The maximum absolute atomic E-state index is 6.72. The molecule has 12 rings (SSSR count). The van der Waals surface area contributed by atoms with Gasteiger partial charge in [-0.2, -0.15) is 0 Å². The first-order chi connectivity index (χ1) is 30.7. The molecule has 0 radical (unpaired) electrons. The molecule has 0 atom stereocenters. The van der Waals surface area contributed by atoms with Crippen molar-refractivity contribution in [1.29, 1.82) is 0 Å². The number of fused-ring (bicyclic) bond motifs is 6. The Balaban J connectivity index is 1.05. The molecule has 0 bridgehead atoms. The molecule has 0 spiro atoms. The van der Waals surface area contributed by atoms with E-state index in [9.17, 15) is 0 Å². The summed E-state index contributed by atoms with van der Waals surface area (Å²) in [5.74, 6) is 1.77. The minimum atomic E-state index is 0.577. The van der Waals surface area contributed by atoms with Crippen LogP contribution in [0.25, 0.3) is 117 Å². The first-order valence-corrected chi connectivity index (χ1v) is 20.8. The van der Waals surface area contributed by atoms with E-state index in [1.165, 1.54) is 16.5 Å². The van der Waals surface area contributed by atoms with Gasteiger partial charge in [-0.05, 0) is 75.8 Å². The lowest BCUT2D eigenvalue weighted by molar-refractivity contribution is 0.669. The molecule has 0 fully saturated rings. The highest BCUT2D eigenvalue weighted by atomic mass is 16.3. The van der Waals surface area contributed by atoms with Crippen LogP contribution in [0.1, 0.15) is 0 Å². The highest BCUT2D eigenvalue weighted by molar-refractivity contribution is 6.19. The maximum atomic E-state index is 6.72. The molecule has 0 aliphatic heterocycles. The van der Waals surface area contributed by atoms with Gasteiger partial charge in [-0.15, -0.1) is 0 Å². The van der Waals surface area contributed by atoms with Crippen molar-refractivity contribution < 1.29 is 4.42 Å². The molecule has 290 valence electrons. The molecular weight excluding hydrogens is 757 g/mol. The zero-order chi connectivity index (χ0) is 41.0. The monoisotopic (exact) mass is 792 g/mol. The standard InChI is InChI=1S/C57H36N4O/c1-4-14-37(15-5-1)40-26-28-42(29-27-40)55-58-56(44-21-12-20-43(34-44)39-18-8-3-9-19-39)60-57(59-55)47-23-13-25-52-54(47)49-35-51-48(36-53(49)62-52)46-22-10-11-24-50(46)61(51)45-32-30-41(31-33-45)38-16-6-2-7-17-38/h1-36H. The van der Waals surface area contributed by atoms with Crippen molar-refractivity contribution in [1.82, 2.24) is 19.5 Å². The Labute approximate surface area is 357 Å². The quantitative estimate of drug-likeness (QED) is 0.161. The van der Waals surface area contributed by atoms with Crippen molar-refractivity contribution in [3.63, 3.8) is 0 Å². The van der Waals surface area contributed by atoms with Gasteiger partial charge in [0.2, 0.25) is 0 Å². The second-order valence-electron chi connectivity index (χ2n) is 15.6. The fourth-order valence-corrected chi connectivity index (χ4v) is 8.85. The molecule has 0 N–H and O–H groups in total. The first-order valence-electron chi connectivity index (χ1n) is 20.8. The van der Waals surface area contributed by atoms with Gasteiger partial charge in [0.05, 0.1) is 11.0 Å². The topological polar surface area (TPSA) is 56.7 Å². The minimum Gasteiger partial charge on any atom is -0.456 e. The van der Waals surface area contributed by atoms with Gasteiger partial charge in [0.25, 0.3) is 0 Å². The fourth-order valence-electron chi connectivity index (χ4n) is 8.85. The van der Waals surface area contributed by atoms with Crippen LogP contribution in [-0.4, -0.2) is 19.5 Å². The van der Waals surface area contributed by atoms with Gasteiger partial charge < -0.3 is 8.98 Å². The van der Waals surface area contributed by atoms with E-state index in [0.717, 1.165) is 83.0 Å². The van der Waals surface area contributed by atoms with Crippen LogP contribution in [0.5, 0.6) is 0 Å². The van der Waals surface area contributed by atoms with Gasteiger partial charge in [-0.3, -0.25) is 0 Å². The Hall–Kier alpha value is -8.41. The summed E-state index contributed by atoms with van der Waals surface area (Å²) in [6.07, 6.45) is 0. The molecule has 5 nitrogen and oxygen atoms in total. The summed E-state index contributed by atoms with van der Waals surface area (Å²) in [5, 5.41) is 4.25. The summed E-state index contributed by atoms with van der Waals surface area (Å²) in [5.41, 5.74) is 14.5. The van der Waals surface area contributed by atoms with Crippen LogP contribution in [0.3, 0.4) is 0 Å². The zero-order valence-corrected chi connectivity index (χ0v) is 33.5. The van der Waals surface area contributed by atoms with Crippen molar-refractivity contribution in [3.8, 4) is 73.2 Å². The first kappa shape index (κ1) is 35.5. The number of para-hydroxylation sites is 1. The maximum Gasteiger partial charge on any atom is 0.164 e. The van der Waals surface area contributed by atoms with Gasteiger partial charge in [0.1, 0.15) is 11.2 Å². The molecule has 5 heteroatoms. The van der Waals surface area contributed by atoms with Crippen LogP contribution in [0.15, 0.2) is 223 Å². The Morgan fingerprint density at radius 3 is 1.52 bits per heavy atom. The van der Waals surface area contributed by atoms with Crippen molar-refractivity contribution in [3.05, 3.63) is 218 Å². The van der Waals surface area contributed by atoms with E-state index in [2.05, 4.69) is 199 Å². The minimum absolute atomic E-state index is 0.577. The molecular formula is C57H36N4O. The van der Waals surface area contributed by atoms with E-state index in [1.54, 1.807) is 0 Å². The third-order valence-electron chi connectivity index (χ3n) is 11.9. The normalized spacial score (nSPS) is 11.5. The molecule has 0 saturated heterocycles. The number of rotatable bonds is 7. The van der Waals surface area contributed by atoms with E-state index in [0.29, 0.717) is 17.5 Å². The summed E-state index contributed by atoms with van der Waals surface area (Å²) >= 11 is 0. The van der Waals surface area contributed by atoms with E-state index in [-0.39, 0.29) is 0 Å². The molecule has 3 aromatic heterocycles. The van der Waals surface area contributed by atoms with Gasteiger partial charge in [0.15, 0.2) is 17.5 Å². The van der Waals surface area contributed by atoms with Crippen molar-refractivity contribution in [2.45, 2.75) is 0 Å². The van der Waals surface area contributed by atoms with E-state index in [4.69, 9.17) is 19.4 Å². The largest absolute Gasteiger partial charge is 0.456 e. The van der Waals surface area contributed by atoms with E-state index < -0.39 is 0 Å².